The van der Waals surface area contributed by atoms with Crippen molar-refractivity contribution in [1.82, 2.24) is 5.32 Å². The van der Waals surface area contributed by atoms with Crippen LogP contribution in [0.25, 0.3) is 0 Å². The first-order chi connectivity index (χ1) is 6.79. The van der Waals surface area contributed by atoms with Gasteiger partial charge in [0.25, 0.3) is 0 Å². The Labute approximate surface area is 86.0 Å². The second kappa shape index (κ2) is 6.92. The number of hydrogen-bond donors (Lipinski definition) is 1. The van der Waals surface area contributed by atoms with E-state index in [4.69, 9.17) is 0 Å². The van der Waals surface area contributed by atoms with Crippen molar-refractivity contribution in [3.63, 3.8) is 0 Å². The van der Waals surface area contributed by atoms with Crippen LogP contribution in [0.5, 0.6) is 0 Å². The average molecular weight is 221 g/mol. The Balaban J connectivity index is 0.000000146. The van der Waals surface area contributed by atoms with Crippen LogP contribution in [-0.2, 0) is 24.5 Å². The molecule has 0 atom stereocenters. The van der Waals surface area contributed by atoms with Gasteiger partial charge in [-0.15, -0.1) is 0 Å². The minimum absolute atomic E-state index is 0.225. The first-order valence-corrected chi connectivity index (χ1v) is 5.74. The SMILES string of the molecule is O=C1CCCCCN1.O=S1OCCO1. The molecule has 2 fully saturated rings. The quantitative estimate of drug-likeness (QED) is 0.638. The number of nitrogens with one attached hydrogen (secondary N) is 1. The van der Waals surface area contributed by atoms with Crippen molar-refractivity contribution in [1.29, 1.82) is 0 Å². The Morgan fingerprint density at radius 3 is 2.43 bits per heavy atom. The summed E-state index contributed by atoms with van der Waals surface area (Å²) in [5.41, 5.74) is 0. The number of hydrogen-bond acceptors (Lipinski definition) is 4. The van der Waals surface area contributed by atoms with Crippen LogP contribution in [0.3, 0.4) is 0 Å². The predicted octanol–water partition coefficient (Wildman–Crippen LogP) is 0.289. The average Bonchev–Trinajstić information content (AvgIpc) is 2.51. The zero-order valence-electron chi connectivity index (χ0n) is 7.99. The molecule has 2 heterocycles. The molecule has 1 N–H and O–H groups in total. The number of rotatable bonds is 0. The molecule has 6 heteroatoms. The van der Waals surface area contributed by atoms with E-state index in [2.05, 4.69) is 13.7 Å². The molecule has 2 aliphatic rings. The summed E-state index contributed by atoms with van der Waals surface area (Å²) in [7, 11) is 0. The fourth-order valence-electron chi connectivity index (χ4n) is 1.14. The van der Waals surface area contributed by atoms with Crippen molar-refractivity contribution in [3.8, 4) is 0 Å². The second-order valence-corrected chi connectivity index (χ2v) is 3.89. The topological polar surface area (TPSA) is 64.6 Å². The van der Waals surface area contributed by atoms with Crippen molar-refractivity contribution < 1.29 is 17.4 Å². The molecule has 0 saturated carbocycles. The molecule has 0 aromatic heterocycles. The van der Waals surface area contributed by atoms with Crippen molar-refractivity contribution in [2.24, 2.45) is 0 Å². The molecule has 0 aromatic carbocycles. The smallest absolute Gasteiger partial charge is 0.304 e. The fraction of sp³-hybridized carbons (Fsp3) is 0.875. The Hall–Kier alpha value is -0.460. The van der Waals surface area contributed by atoms with E-state index in [-0.39, 0.29) is 5.91 Å². The molecule has 0 unspecified atom stereocenters. The van der Waals surface area contributed by atoms with Crippen LogP contribution in [0.2, 0.25) is 0 Å². The Bertz CT molecular complexity index is 192. The lowest BCUT2D eigenvalue weighted by Gasteiger charge is -1.93. The van der Waals surface area contributed by atoms with Crippen molar-refractivity contribution in [2.75, 3.05) is 19.8 Å². The first-order valence-electron chi connectivity index (χ1n) is 4.74. The minimum atomic E-state index is -1.42. The van der Waals surface area contributed by atoms with Crippen molar-refractivity contribution in [3.05, 3.63) is 0 Å². The molecule has 0 radical (unpaired) electrons. The maximum atomic E-state index is 10.6. The molecule has 14 heavy (non-hydrogen) atoms. The van der Waals surface area contributed by atoms with Crippen LogP contribution in [-0.4, -0.2) is 29.9 Å². The van der Waals surface area contributed by atoms with Crippen LogP contribution >= 0.6 is 0 Å². The lowest BCUT2D eigenvalue weighted by Crippen LogP contribution is -2.21. The van der Waals surface area contributed by atoms with Gasteiger partial charge >= 0.3 is 11.4 Å². The largest absolute Gasteiger partial charge is 0.356 e. The van der Waals surface area contributed by atoms with Crippen LogP contribution in [0.1, 0.15) is 25.7 Å². The zero-order chi connectivity index (χ0) is 10.2. The number of amides is 1. The minimum Gasteiger partial charge on any atom is -0.356 e. The zero-order valence-corrected chi connectivity index (χ0v) is 8.81. The van der Waals surface area contributed by atoms with Crippen LogP contribution in [0.4, 0.5) is 0 Å². The first kappa shape index (κ1) is 11.6. The van der Waals surface area contributed by atoms with Gasteiger partial charge in [-0.05, 0) is 12.8 Å². The van der Waals surface area contributed by atoms with Crippen molar-refractivity contribution in [2.45, 2.75) is 25.7 Å². The third-order valence-electron chi connectivity index (χ3n) is 1.85. The molecule has 82 valence electrons. The molecule has 0 spiro atoms. The summed E-state index contributed by atoms with van der Waals surface area (Å²) >= 11 is -1.42. The Morgan fingerprint density at radius 1 is 1.14 bits per heavy atom. The molecule has 5 nitrogen and oxygen atoms in total. The van der Waals surface area contributed by atoms with E-state index in [1.54, 1.807) is 0 Å². The highest BCUT2D eigenvalue weighted by molar-refractivity contribution is 7.75. The summed E-state index contributed by atoms with van der Waals surface area (Å²) in [4.78, 5) is 10.6. The maximum absolute atomic E-state index is 10.6. The van der Waals surface area contributed by atoms with E-state index in [9.17, 15) is 9.00 Å². The number of carbonyl (C=O) groups excluding carboxylic acids is 1. The van der Waals surface area contributed by atoms with E-state index in [1.165, 1.54) is 6.42 Å². The van der Waals surface area contributed by atoms with Gasteiger partial charge in [-0.3, -0.25) is 13.2 Å². The van der Waals surface area contributed by atoms with Gasteiger partial charge in [-0.1, -0.05) is 6.42 Å². The fourth-order valence-corrected chi connectivity index (χ4v) is 1.62. The summed E-state index contributed by atoms with van der Waals surface area (Å²) in [6, 6.07) is 0. The summed E-state index contributed by atoms with van der Waals surface area (Å²) in [5.74, 6) is 0.225. The van der Waals surface area contributed by atoms with Gasteiger partial charge in [0.15, 0.2) is 0 Å². The third-order valence-corrected chi connectivity index (χ3v) is 2.56. The molecule has 2 rings (SSSR count). The molecule has 2 aliphatic heterocycles. The molecule has 1 amide bonds. The molecule has 0 aliphatic carbocycles. The van der Waals surface area contributed by atoms with Gasteiger partial charge in [0.05, 0.1) is 13.2 Å². The number of carbonyl (C=O) groups is 1. The summed E-state index contributed by atoms with van der Waals surface area (Å²) in [6.07, 6.45) is 4.18. The molecule has 0 aromatic rings. The molecular formula is C8H15NO4S. The van der Waals surface area contributed by atoms with Gasteiger partial charge in [0.2, 0.25) is 5.91 Å². The van der Waals surface area contributed by atoms with Crippen LogP contribution < -0.4 is 5.32 Å². The maximum Gasteiger partial charge on any atom is 0.304 e. The standard InChI is InChI=1S/C6H11NO.C2H4O3S/c8-6-4-2-1-3-5-7-6;3-6-4-1-2-5-6/h1-5H2,(H,7,8);1-2H2. The normalized spacial score (nSPS) is 23.3. The summed E-state index contributed by atoms with van der Waals surface area (Å²) in [6.45, 7) is 1.82. The van der Waals surface area contributed by atoms with Gasteiger partial charge in [0.1, 0.15) is 0 Å². The van der Waals surface area contributed by atoms with Crippen LogP contribution in [0.15, 0.2) is 0 Å². The highest BCUT2D eigenvalue weighted by Gasteiger charge is 2.07. The predicted molar refractivity (Wildman–Crippen MR) is 51.5 cm³/mol. The third kappa shape index (κ3) is 5.31. The van der Waals surface area contributed by atoms with E-state index in [1.807, 2.05) is 0 Å². The van der Waals surface area contributed by atoms with E-state index in [0.717, 1.165) is 25.8 Å². The van der Waals surface area contributed by atoms with E-state index >= 15 is 0 Å². The van der Waals surface area contributed by atoms with Gasteiger partial charge in [-0.2, -0.15) is 4.21 Å². The Morgan fingerprint density at radius 2 is 1.86 bits per heavy atom. The lowest BCUT2D eigenvalue weighted by atomic mass is 10.2. The van der Waals surface area contributed by atoms with Gasteiger partial charge in [0, 0.05) is 13.0 Å². The summed E-state index contributed by atoms with van der Waals surface area (Å²) in [5, 5.41) is 2.81. The molecule has 0 bridgehead atoms. The van der Waals surface area contributed by atoms with E-state index in [0.29, 0.717) is 13.2 Å². The highest BCUT2D eigenvalue weighted by Crippen LogP contribution is 2.02. The molecular weight excluding hydrogens is 206 g/mol. The molecule has 2 saturated heterocycles. The van der Waals surface area contributed by atoms with Crippen molar-refractivity contribution >= 4 is 17.3 Å². The monoisotopic (exact) mass is 221 g/mol. The second-order valence-electron chi connectivity index (χ2n) is 3.01. The lowest BCUT2D eigenvalue weighted by molar-refractivity contribution is -0.120. The summed E-state index contributed by atoms with van der Waals surface area (Å²) < 4.78 is 18.7. The van der Waals surface area contributed by atoms with E-state index < -0.39 is 11.4 Å². The van der Waals surface area contributed by atoms with Gasteiger partial charge in [-0.25, -0.2) is 0 Å². The Kier molecular flexibility index (Phi) is 5.74. The van der Waals surface area contributed by atoms with Gasteiger partial charge < -0.3 is 5.32 Å². The van der Waals surface area contributed by atoms with Crippen LogP contribution in [0, 0.1) is 0 Å². The highest BCUT2D eigenvalue weighted by atomic mass is 32.2.